The van der Waals surface area contributed by atoms with Crippen LogP contribution in [0.15, 0.2) is 12.3 Å². The van der Waals surface area contributed by atoms with Crippen LogP contribution in [0, 0.1) is 0 Å². The number of hydrogen-bond donors (Lipinski definition) is 2. The van der Waals surface area contributed by atoms with Crippen molar-refractivity contribution >= 4 is 0 Å². The molecule has 4 heteroatoms. The highest BCUT2D eigenvalue weighted by molar-refractivity contribution is 4.87. The Kier molecular flexibility index (Phi) is 1.32. The quantitative estimate of drug-likeness (QED) is 0.486. The number of aliphatic hydroxyl groups is 2. The minimum atomic E-state index is -4.14. The van der Waals surface area contributed by atoms with Crippen molar-refractivity contribution in [1.82, 2.24) is 0 Å². The summed E-state index contributed by atoms with van der Waals surface area (Å²) >= 11 is 0. The summed E-state index contributed by atoms with van der Waals surface area (Å²) in [5.74, 6) is -1.53. The SMILES string of the molecule is C=C(O)C(O)(F)F. The minimum Gasteiger partial charge on any atom is -0.505 e. The van der Waals surface area contributed by atoms with Crippen molar-refractivity contribution in [3.05, 3.63) is 12.3 Å². The normalized spacial score (nSPS) is 11.3. The van der Waals surface area contributed by atoms with Gasteiger partial charge in [-0.05, 0) is 0 Å². The minimum absolute atomic E-state index is 1.53. The summed E-state index contributed by atoms with van der Waals surface area (Å²) in [6.45, 7) is 2.38. The van der Waals surface area contributed by atoms with Crippen LogP contribution in [0.3, 0.4) is 0 Å². The van der Waals surface area contributed by atoms with Crippen LogP contribution in [0.1, 0.15) is 0 Å². The van der Waals surface area contributed by atoms with Gasteiger partial charge in [0, 0.05) is 0 Å². The molecule has 2 N–H and O–H groups in total. The average molecular weight is 110 g/mol. The van der Waals surface area contributed by atoms with Crippen molar-refractivity contribution in [2.75, 3.05) is 0 Å². The van der Waals surface area contributed by atoms with E-state index in [9.17, 15) is 8.78 Å². The van der Waals surface area contributed by atoms with E-state index in [0.717, 1.165) is 0 Å². The van der Waals surface area contributed by atoms with Gasteiger partial charge in [-0.15, -0.1) is 0 Å². The summed E-state index contributed by atoms with van der Waals surface area (Å²) < 4.78 is 22.1. The molecule has 0 amide bonds. The monoisotopic (exact) mass is 110 g/mol. The average Bonchev–Trinajstić information content (AvgIpc) is 1.31. The molecule has 0 heterocycles. The lowest BCUT2D eigenvalue weighted by Crippen LogP contribution is -2.16. The van der Waals surface area contributed by atoms with Crippen LogP contribution in [0.5, 0.6) is 0 Å². The van der Waals surface area contributed by atoms with Crippen molar-refractivity contribution in [2.24, 2.45) is 0 Å². The lowest BCUT2D eigenvalue weighted by atomic mass is 10.5. The molecule has 2 nitrogen and oxygen atoms in total. The van der Waals surface area contributed by atoms with E-state index < -0.39 is 11.9 Å². The molecule has 0 aromatic heterocycles. The highest BCUT2D eigenvalue weighted by atomic mass is 19.3. The van der Waals surface area contributed by atoms with Gasteiger partial charge in [-0.2, -0.15) is 8.78 Å². The fourth-order valence-electron chi connectivity index (χ4n) is 0. The molecular formula is C3H4F2O2. The Bertz CT molecular complexity index is 83.4. The third-order valence-corrected chi connectivity index (χ3v) is 0.347. The van der Waals surface area contributed by atoms with Gasteiger partial charge < -0.3 is 10.2 Å². The van der Waals surface area contributed by atoms with E-state index in [4.69, 9.17) is 10.2 Å². The van der Waals surface area contributed by atoms with Crippen LogP contribution in [0.2, 0.25) is 0 Å². The van der Waals surface area contributed by atoms with Gasteiger partial charge in [0.2, 0.25) is 0 Å². The van der Waals surface area contributed by atoms with Crippen LogP contribution < -0.4 is 0 Å². The van der Waals surface area contributed by atoms with Crippen LogP contribution in [0.25, 0.3) is 0 Å². The summed E-state index contributed by atoms with van der Waals surface area (Å²) in [5, 5.41) is 15.1. The Morgan fingerprint density at radius 2 is 1.71 bits per heavy atom. The van der Waals surface area contributed by atoms with E-state index in [0.29, 0.717) is 0 Å². The smallest absolute Gasteiger partial charge is 0.411 e. The molecule has 0 radical (unpaired) electrons. The Balaban J connectivity index is 3.79. The predicted molar refractivity (Wildman–Crippen MR) is 18.9 cm³/mol. The van der Waals surface area contributed by atoms with Gasteiger partial charge in [0.05, 0.1) is 0 Å². The van der Waals surface area contributed by atoms with Crippen LogP contribution >= 0.6 is 0 Å². The first-order valence-electron chi connectivity index (χ1n) is 1.43. The largest absolute Gasteiger partial charge is 0.505 e. The molecule has 0 aliphatic heterocycles. The fourth-order valence-corrected chi connectivity index (χ4v) is 0. The second-order valence-electron chi connectivity index (χ2n) is 0.988. The Morgan fingerprint density at radius 1 is 1.57 bits per heavy atom. The molecule has 0 atom stereocenters. The van der Waals surface area contributed by atoms with Crippen molar-refractivity contribution in [1.29, 1.82) is 0 Å². The molecule has 0 aliphatic rings. The van der Waals surface area contributed by atoms with Gasteiger partial charge >= 0.3 is 6.11 Å². The molecule has 42 valence electrons. The van der Waals surface area contributed by atoms with E-state index in [1.807, 2.05) is 0 Å². The number of rotatable bonds is 1. The third-order valence-electron chi connectivity index (χ3n) is 0.347. The summed E-state index contributed by atoms with van der Waals surface area (Å²) in [5.41, 5.74) is 0. The third kappa shape index (κ3) is 2.11. The molecule has 0 spiro atoms. The summed E-state index contributed by atoms with van der Waals surface area (Å²) in [6, 6.07) is 0. The molecule has 0 saturated carbocycles. The van der Waals surface area contributed by atoms with Gasteiger partial charge in [-0.3, -0.25) is 0 Å². The maximum Gasteiger partial charge on any atom is 0.411 e. The first-order valence-corrected chi connectivity index (χ1v) is 1.43. The summed E-state index contributed by atoms with van der Waals surface area (Å²) in [7, 11) is 0. The van der Waals surface area contributed by atoms with Crippen molar-refractivity contribution < 1.29 is 19.0 Å². The second-order valence-corrected chi connectivity index (χ2v) is 0.988. The summed E-state index contributed by atoms with van der Waals surface area (Å²) in [4.78, 5) is 0. The van der Waals surface area contributed by atoms with Crippen LogP contribution in [-0.4, -0.2) is 16.3 Å². The van der Waals surface area contributed by atoms with Crippen LogP contribution in [0.4, 0.5) is 8.78 Å². The van der Waals surface area contributed by atoms with Crippen molar-refractivity contribution in [2.45, 2.75) is 6.11 Å². The summed E-state index contributed by atoms with van der Waals surface area (Å²) in [6.07, 6.45) is -4.14. The van der Waals surface area contributed by atoms with E-state index in [2.05, 4.69) is 6.58 Å². The number of hydrogen-bond acceptors (Lipinski definition) is 2. The van der Waals surface area contributed by atoms with Gasteiger partial charge in [0.1, 0.15) is 0 Å². The fraction of sp³-hybridized carbons (Fsp3) is 0.333. The zero-order valence-corrected chi connectivity index (χ0v) is 3.36. The van der Waals surface area contributed by atoms with Crippen LogP contribution in [-0.2, 0) is 0 Å². The molecule has 0 aliphatic carbocycles. The first kappa shape index (κ1) is 6.36. The molecule has 0 aromatic carbocycles. The standard InChI is InChI=1S/C3H4F2O2/c1-2(6)3(4,5)7/h6-7H,1H2. The number of halogens is 2. The maximum absolute atomic E-state index is 11.1. The maximum atomic E-state index is 11.1. The highest BCUT2D eigenvalue weighted by Crippen LogP contribution is 2.14. The molecule has 0 bridgehead atoms. The first-order chi connectivity index (χ1) is 2.94. The lowest BCUT2D eigenvalue weighted by molar-refractivity contribution is -0.187. The molecule has 0 saturated heterocycles. The van der Waals surface area contributed by atoms with Crippen molar-refractivity contribution in [3.8, 4) is 0 Å². The molecule has 0 aromatic rings. The molecule has 0 unspecified atom stereocenters. The van der Waals surface area contributed by atoms with Gasteiger partial charge in [0.15, 0.2) is 5.76 Å². The van der Waals surface area contributed by atoms with Gasteiger partial charge in [0.25, 0.3) is 0 Å². The van der Waals surface area contributed by atoms with Gasteiger partial charge in [-0.25, -0.2) is 0 Å². The van der Waals surface area contributed by atoms with E-state index in [1.165, 1.54) is 0 Å². The number of aliphatic hydroxyl groups excluding tert-OH is 1. The molecule has 0 fully saturated rings. The molecule has 7 heavy (non-hydrogen) atoms. The topological polar surface area (TPSA) is 40.5 Å². The Labute approximate surface area is 38.7 Å². The molecule has 0 rings (SSSR count). The Morgan fingerprint density at radius 3 is 1.71 bits per heavy atom. The number of alkyl halides is 2. The zero-order valence-electron chi connectivity index (χ0n) is 3.36. The van der Waals surface area contributed by atoms with E-state index in [1.54, 1.807) is 0 Å². The predicted octanol–water partition coefficient (Wildman–Crippen LogP) is 0.643. The molecular weight excluding hydrogens is 106 g/mol. The zero-order chi connectivity index (χ0) is 6.08. The highest BCUT2D eigenvalue weighted by Gasteiger charge is 2.28. The lowest BCUT2D eigenvalue weighted by Gasteiger charge is -2.02. The second kappa shape index (κ2) is 1.46. The Hall–Kier alpha value is -0.640. The van der Waals surface area contributed by atoms with E-state index >= 15 is 0 Å². The van der Waals surface area contributed by atoms with E-state index in [-0.39, 0.29) is 0 Å². The van der Waals surface area contributed by atoms with Gasteiger partial charge in [-0.1, -0.05) is 6.58 Å². The van der Waals surface area contributed by atoms with Crippen molar-refractivity contribution in [3.63, 3.8) is 0 Å².